The second kappa shape index (κ2) is 10.2. The highest BCUT2D eigenvalue weighted by Gasteiger charge is 2.16. The van der Waals surface area contributed by atoms with Crippen LogP contribution in [-0.2, 0) is 12.8 Å². The maximum Gasteiger partial charge on any atom is 0.315 e. The van der Waals surface area contributed by atoms with Crippen LogP contribution in [0.1, 0.15) is 24.5 Å². The van der Waals surface area contributed by atoms with Crippen LogP contribution in [0.5, 0.6) is 5.75 Å². The summed E-state index contributed by atoms with van der Waals surface area (Å²) >= 11 is 1.68. The number of urea groups is 1. The minimum absolute atomic E-state index is 0.121. The Hall–Kier alpha value is -2.05. The first-order valence-electron chi connectivity index (χ1n) is 8.97. The first kappa shape index (κ1) is 20.3. The third-order valence-corrected chi connectivity index (χ3v) is 5.26. The fourth-order valence-corrected chi connectivity index (χ4v) is 3.46. The van der Waals surface area contributed by atoms with Crippen LogP contribution in [-0.4, -0.2) is 48.8 Å². The van der Waals surface area contributed by atoms with Crippen LogP contribution in [0.3, 0.4) is 0 Å². The Bertz CT molecular complexity index is 656. The van der Waals surface area contributed by atoms with Gasteiger partial charge in [0, 0.05) is 18.6 Å². The van der Waals surface area contributed by atoms with Crippen LogP contribution >= 0.6 is 11.3 Å². The molecule has 0 aliphatic carbocycles. The van der Waals surface area contributed by atoms with Gasteiger partial charge in [0.05, 0.1) is 0 Å². The molecule has 0 fully saturated rings. The van der Waals surface area contributed by atoms with Gasteiger partial charge < -0.3 is 20.6 Å². The number of hydrogen-bond acceptors (Lipinski definition) is 4. The summed E-state index contributed by atoms with van der Waals surface area (Å²) in [5.74, 6) is 0.267. The van der Waals surface area contributed by atoms with E-state index in [1.165, 1.54) is 5.56 Å². The Kier molecular flexibility index (Phi) is 7.94. The summed E-state index contributed by atoms with van der Waals surface area (Å²) in [7, 11) is 4.02. The highest BCUT2D eigenvalue weighted by molar-refractivity contribution is 7.07. The Labute approximate surface area is 160 Å². The molecule has 0 bridgehead atoms. The minimum Gasteiger partial charge on any atom is -0.508 e. The number of carbonyl (C=O) groups is 1. The van der Waals surface area contributed by atoms with Crippen LogP contribution in [0.25, 0.3) is 0 Å². The van der Waals surface area contributed by atoms with E-state index in [1.807, 2.05) is 26.2 Å². The minimum atomic E-state index is -0.121. The van der Waals surface area contributed by atoms with E-state index in [2.05, 4.69) is 39.3 Å². The van der Waals surface area contributed by atoms with Gasteiger partial charge in [-0.3, -0.25) is 0 Å². The Morgan fingerprint density at radius 3 is 2.46 bits per heavy atom. The number of hydrogen-bond donors (Lipinski definition) is 3. The topological polar surface area (TPSA) is 64.6 Å². The summed E-state index contributed by atoms with van der Waals surface area (Å²) in [6, 6.07) is 9.52. The van der Waals surface area contributed by atoms with Gasteiger partial charge in [0.15, 0.2) is 0 Å². The zero-order valence-corrected chi connectivity index (χ0v) is 16.6. The van der Waals surface area contributed by atoms with E-state index >= 15 is 0 Å². The predicted octanol–water partition coefficient (Wildman–Crippen LogP) is 3.25. The van der Waals surface area contributed by atoms with Gasteiger partial charge in [-0.15, -0.1) is 0 Å². The molecule has 2 amide bonds. The van der Waals surface area contributed by atoms with Gasteiger partial charge in [-0.1, -0.05) is 19.1 Å². The van der Waals surface area contributed by atoms with E-state index in [0.29, 0.717) is 6.54 Å². The normalized spacial score (nSPS) is 13.4. The van der Waals surface area contributed by atoms with Gasteiger partial charge >= 0.3 is 6.03 Å². The van der Waals surface area contributed by atoms with Crippen molar-refractivity contribution < 1.29 is 9.90 Å². The summed E-state index contributed by atoms with van der Waals surface area (Å²) in [6.07, 6.45) is 2.56. The standard InChI is InChI=1S/C20H29N3O2S/c1-4-17(11-16-9-10-26-14-16)22-20(25)21-13-18(23(2)3)12-15-5-7-19(24)8-6-15/h5-10,14,17-18,24H,4,11-13H2,1-3H3,(H2,21,22,25)/t17-,18+/m1/s1. The summed E-state index contributed by atoms with van der Waals surface area (Å²) in [6.45, 7) is 2.65. The largest absolute Gasteiger partial charge is 0.508 e. The van der Waals surface area contributed by atoms with E-state index in [9.17, 15) is 9.90 Å². The molecule has 2 rings (SSSR count). The van der Waals surface area contributed by atoms with Crippen molar-refractivity contribution >= 4 is 17.4 Å². The molecule has 1 heterocycles. The van der Waals surface area contributed by atoms with Crippen LogP contribution in [0, 0.1) is 0 Å². The van der Waals surface area contributed by atoms with Gasteiger partial charge in [-0.25, -0.2) is 4.79 Å². The van der Waals surface area contributed by atoms with E-state index in [-0.39, 0.29) is 23.9 Å². The number of phenolic OH excluding ortho intramolecular Hbond substituents is 1. The van der Waals surface area contributed by atoms with Crippen LogP contribution in [0.2, 0.25) is 0 Å². The van der Waals surface area contributed by atoms with Crippen LogP contribution in [0.15, 0.2) is 41.1 Å². The van der Waals surface area contributed by atoms with Crippen molar-refractivity contribution in [3.63, 3.8) is 0 Å². The molecule has 0 unspecified atom stereocenters. The maximum absolute atomic E-state index is 12.3. The second-order valence-corrected chi connectivity index (χ2v) is 7.56. The van der Waals surface area contributed by atoms with Crippen molar-refractivity contribution in [3.8, 4) is 5.75 Å². The Morgan fingerprint density at radius 2 is 1.88 bits per heavy atom. The molecule has 3 N–H and O–H groups in total. The molecule has 26 heavy (non-hydrogen) atoms. The first-order chi connectivity index (χ1) is 12.5. The maximum atomic E-state index is 12.3. The lowest BCUT2D eigenvalue weighted by Gasteiger charge is -2.25. The molecule has 0 aliphatic heterocycles. The molecule has 1 aromatic heterocycles. The van der Waals surface area contributed by atoms with Gasteiger partial charge in [-0.2, -0.15) is 11.3 Å². The summed E-state index contributed by atoms with van der Waals surface area (Å²) < 4.78 is 0. The van der Waals surface area contributed by atoms with Crippen molar-refractivity contribution in [2.75, 3.05) is 20.6 Å². The van der Waals surface area contributed by atoms with E-state index in [0.717, 1.165) is 24.8 Å². The van der Waals surface area contributed by atoms with E-state index in [1.54, 1.807) is 23.5 Å². The highest BCUT2D eigenvalue weighted by atomic mass is 32.1. The summed E-state index contributed by atoms with van der Waals surface area (Å²) in [5, 5.41) is 19.7. The lowest BCUT2D eigenvalue weighted by Crippen LogP contribution is -2.48. The quantitative estimate of drug-likeness (QED) is 0.630. The molecule has 0 radical (unpaired) electrons. The lowest BCUT2D eigenvalue weighted by molar-refractivity contribution is 0.228. The van der Waals surface area contributed by atoms with Crippen LogP contribution in [0.4, 0.5) is 4.79 Å². The highest BCUT2D eigenvalue weighted by Crippen LogP contribution is 2.13. The Balaban J connectivity index is 1.83. The SMILES string of the molecule is CC[C@H](Cc1ccsc1)NC(=O)NC[C@H](Cc1ccc(O)cc1)N(C)C. The smallest absolute Gasteiger partial charge is 0.315 e. The average molecular weight is 376 g/mol. The van der Waals surface area contributed by atoms with E-state index in [4.69, 9.17) is 0 Å². The van der Waals surface area contributed by atoms with Crippen molar-refractivity contribution in [2.24, 2.45) is 0 Å². The number of aromatic hydroxyl groups is 1. The fourth-order valence-electron chi connectivity index (χ4n) is 2.78. The van der Waals surface area contributed by atoms with Gasteiger partial charge in [0.1, 0.15) is 5.75 Å². The van der Waals surface area contributed by atoms with Crippen molar-refractivity contribution in [2.45, 2.75) is 38.3 Å². The molecular weight excluding hydrogens is 346 g/mol. The molecule has 0 saturated carbocycles. The molecule has 2 aromatic rings. The number of benzene rings is 1. The monoisotopic (exact) mass is 375 g/mol. The Morgan fingerprint density at radius 1 is 1.15 bits per heavy atom. The summed E-state index contributed by atoms with van der Waals surface area (Å²) in [4.78, 5) is 14.4. The number of phenols is 1. The number of rotatable bonds is 9. The molecule has 0 saturated heterocycles. The van der Waals surface area contributed by atoms with Gasteiger partial charge in [-0.05, 0) is 73.4 Å². The lowest BCUT2D eigenvalue weighted by atomic mass is 10.0. The van der Waals surface area contributed by atoms with Crippen LogP contribution < -0.4 is 10.6 Å². The van der Waals surface area contributed by atoms with Gasteiger partial charge in [0.2, 0.25) is 0 Å². The first-order valence-corrected chi connectivity index (χ1v) is 9.92. The third kappa shape index (κ3) is 6.69. The molecule has 0 aliphatic rings. The molecule has 2 atom stereocenters. The number of carbonyl (C=O) groups excluding carboxylic acids is 1. The fraction of sp³-hybridized carbons (Fsp3) is 0.450. The predicted molar refractivity (Wildman–Crippen MR) is 108 cm³/mol. The molecule has 5 nitrogen and oxygen atoms in total. The van der Waals surface area contributed by atoms with E-state index < -0.39 is 0 Å². The number of nitrogens with one attached hydrogen (secondary N) is 2. The average Bonchev–Trinajstić information content (AvgIpc) is 3.12. The molecular formula is C20H29N3O2S. The molecule has 142 valence electrons. The number of nitrogens with zero attached hydrogens (tertiary/aromatic N) is 1. The van der Waals surface area contributed by atoms with Crippen molar-refractivity contribution in [3.05, 3.63) is 52.2 Å². The zero-order valence-electron chi connectivity index (χ0n) is 15.7. The van der Waals surface area contributed by atoms with Crippen molar-refractivity contribution in [1.82, 2.24) is 15.5 Å². The molecule has 6 heteroatoms. The zero-order chi connectivity index (χ0) is 18.9. The molecule has 1 aromatic carbocycles. The van der Waals surface area contributed by atoms with Crippen molar-refractivity contribution in [1.29, 1.82) is 0 Å². The van der Waals surface area contributed by atoms with Gasteiger partial charge in [0.25, 0.3) is 0 Å². The third-order valence-electron chi connectivity index (χ3n) is 4.53. The summed E-state index contributed by atoms with van der Waals surface area (Å²) in [5.41, 5.74) is 2.40. The second-order valence-electron chi connectivity index (χ2n) is 6.78. The number of thiophene rings is 1. The molecule has 0 spiro atoms. The number of amides is 2. The number of likely N-dealkylation sites (N-methyl/N-ethyl adjacent to an activating group) is 1.